The summed E-state index contributed by atoms with van der Waals surface area (Å²) < 4.78 is 0. The number of aliphatic carboxylic acids is 1. The number of carboxylic acid groups (broad SMARTS) is 1. The number of nitrogens with two attached hydrogens (primary N) is 1. The fourth-order valence-electron chi connectivity index (χ4n) is 1.26. The zero-order valence-electron chi connectivity index (χ0n) is 11.5. The number of amides is 1. The summed E-state index contributed by atoms with van der Waals surface area (Å²) in [7, 11) is 0. The summed E-state index contributed by atoms with van der Waals surface area (Å²) in [6.45, 7) is -0.465. The van der Waals surface area contributed by atoms with Crippen molar-refractivity contribution in [3.8, 4) is 0 Å². The van der Waals surface area contributed by atoms with E-state index in [0.717, 1.165) is 0 Å². The van der Waals surface area contributed by atoms with Gasteiger partial charge in [0.25, 0.3) is 5.91 Å². The molecule has 7 N–H and O–H groups in total. The predicted molar refractivity (Wildman–Crippen MR) is 75.4 cm³/mol. The Kier molecular flexibility index (Phi) is 8.26. The zero-order chi connectivity index (χ0) is 15.7. The van der Waals surface area contributed by atoms with Crippen LogP contribution in [0.15, 0.2) is 47.4 Å². The molecule has 0 fully saturated rings. The van der Waals surface area contributed by atoms with E-state index in [4.69, 9.17) is 5.73 Å². The second kappa shape index (κ2) is 9.66. The quantitative estimate of drug-likeness (QED) is 0.551. The molecule has 1 heterocycles. The maximum absolute atomic E-state index is 11.1. The van der Waals surface area contributed by atoms with Crippen molar-refractivity contribution in [3.63, 3.8) is 0 Å². The van der Waals surface area contributed by atoms with Gasteiger partial charge in [-0.3, -0.25) is 4.79 Å². The van der Waals surface area contributed by atoms with E-state index < -0.39 is 18.4 Å². The summed E-state index contributed by atoms with van der Waals surface area (Å²) in [5, 5.41) is 12.2. The molecule has 0 aliphatic carbocycles. The first-order chi connectivity index (χ1) is 9.99. The molecular formula is C13H16N4O5. The molecule has 0 unspecified atom stereocenters. The topological polar surface area (TPSA) is 174 Å². The molecule has 2 aromatic rings. The normalized spacial score (nSPS) is 8.73. The highest BCUT2D eigenvalue weighted by molar-refractivity contribution is 5.95. The number of nitrogens with one attached hydrogen (secondary N) is 3. The second-order valence-electron chi connectivity index (χ2n) is 3.81. The summed E-state index contributed by atoms with van der Waals surface area (Å²) >= 11 is 0. The van der Waals surface area contributed by atoms with Crippen molar-refractivity contribution in [3.05, 3.63) is 58.6 Å². The van der Waals surface area contributed by atoms with Crippen LogP contribution in [0.5, 0.6) is 0 Å². The van der Waals surface area contributed by atoms with Crippen molar-refractivity contribution in [1.29, 1.82) is 0 Å². The number of hydrogen-bond donors (Lipinski definition) is 3. The maximum Gasteiger partial charge on any atom is 0.495 e. The van der Waals surface area contributed by atoms with Crippen molar-refractivity contribution in [2.75, 3.05) is 12.3 Å². The Labute approximate surface area is 125 Å². The maximum atomic E-state index is 11.1. The van der Waals surface area contributed by atoms with Crippen molar-refractivity contribution in [2.45, 2.75) is 0 Å². The van der Waals surface area contributed by atoms with Crippen LogP contribution in [0.1, 0.15) is 10.4 Å². The van der Waals surface area contributed by atoms with E-state index >= 15 is 0 Å². The molecular weight excluding hydrogens is 292 g/mol. The number of nitrogen functional groups attached to an aromatic ring is 1. The molecule has 118 valence electrons. The lowest BCUT2D eigenvalue weighted by Crippen LogP contribution is -2.37. The molecule has 1 aromatic carbocycles. The van der Waals surface area contributed by atoms with Crippen LogP contribution < -0.4 is 26.8 Å². The predicted octanol–water partition coefficient (Wildman–Crippen LogP) is -2.89. The first-order valence-electron chi connectivity index (χ1n) is 5.88. The number of carboxylic acids is 1. The molecule has 0 atom stereocenters. The fourth-order valence-corrected chi connectivity index (χ4v) is 1.26. The smallest absolute Gasteiger partial charge is 0.495 e. The number of benzene rings is 1. The van der Waals surface area contributed by atoms with Crippen LogP contribution in [0.25, 0.3) is 0 Å². The summed E-state index contributed by atoms with van der Waals surface area (Å²) in [5.74, 6) is -1.34. The molecule has 2 rings (SSSR count). The minimum atomic E-state index is -1.30. The molecule has 0 spiro atoms. The summed E-state index contributed by atoms with van der Waals surface area (Å²) in [4.78, 5) is 36.2. The van der Waals surface area contributed by atoms with Gasteiger partial charge in [-0.1, -0.05) is 18.2 Å². The minimum Gasteiger partial charge on any atom is -0.548 e. The van der Waals surface area contributed by atoms with Gasteiger partial charge >= 0.3 is 5.69 Å². The van der Waals surface area contributed by atoms with Gasteiger partial charge in [0.15, 0.2) is 5.82 Å². The van der Waals surface area contributed by atoms with Gasteiger partial charge in [-0.05, 0) is 12.1 Å². The highest BCUT2D eigenvalue weighted by Gasteiger charge is 2.02. The molecule has 9 heteroatoms. The molecule has 0 bridgehead atoms. The van der Waals surface area contributed by atoms with E-state index in [2.05, 4.69) is 15.3 Å². The lowest BCUT2D eigenvalue weighted by atomic mass is 10.2. The van der Waals surface area contributed by atoms with Crippen LogP contribution in [0, 0.1) is 0 Å². The van der Waals surface area contributed by atoms with Crippen LogP contribution in [-0.2, 0) is 4.79 Å². The van der Waals surface area contributed by atoms with E-state index in [0.29, 0.717) is 11.4 Å². The van der Waals surface area contributed by atoms with Gasteiger partial charge < -0.3 is 26.4 Å². The highest BCUT2D eigenvalue weighted by atomic mass is 16.4. The third-order valence-electron chi connectivity index (χ3n) is 2.16. The van der Waals surface area contributed by atoms with Crippen molar-refractivity contribution < 1.29 is 25.2 Å². The van der Waals surface area contributed by atoms with Crippen LogP contribution in [0.4, 0.5) is 5.82 Å². The Morgan fingerprint density at radius 2 is 1.86 bits per heavy atom. The van der Waals surface area contributed by atoms with E-state index in [-0.39, 0.29) is 11.2 Å². The molecule has 1 amide bonds. The Morgan fingerprint density at radius 3 is 2.32 bits per heavy atom. The minimum absolute atomic E-state index is 0. The standard InChI is InChI=1S/C9H9NO3.C4H5N3O.H2O/c11-8(12)6-10-9(13)7-4-2-1-3-5-7;5-3-1-2-6-4(8)7-3;/h1-5H,6H2,(H,10,13)(H,11,12);1-2H,(H3,5,6,7,8);1H2. The van der Waals surface area contributed by atoms with E-state index in [1.165, 1.54) is 6.20 Å². The van der Waals surface area contributed by atoms with Crippen molar-refractivity contribution >= 4 is 17.7 Å². The summed E-state index contributed by atoms with van der Waals surface area (Å²) in [6.07, 6.45) is 1.48. The number of aromatic nitrogens is 2. The van der Waals surface area contributed by atoms with Crippen LogP contribution in [-0.4, -0.2) is 28.9 Å². The Morgan fingerprint density at radius 1 is 1.23 bits per heavy atom. The Bertz CT molecular complexity index is 657. The van der Waals surface area contributed by atoms with Gasteiger partial charge in [-0.2, -0.15) is 9.78 Å². The van der Waals surface area contributed by atoms with Crippen LogP contribution >= 0.6 is 0 Å². The first kappa shape index (κ1) is 18.8. The van der Waals surface area contributed by atoms with E-state index in [1.807, 2.05) is 0 Å². The van der Waals surface area contributed by atoms with Gasteiger partial charge in [0.2, 0.25) is 0 Å². The molecule has 0 aliphatic heterocycles. The molecule has 0 saturated heterocycles. The number of rotatable bonds is 3. The Balaban J connectivity index is 0.000000423. The third-order valence-corrected chi connectivity index (χ3v) is 2.16. The molecule has 0 radical (unpaired) electrons. The fraction of sp³-hybridized carbons (Fsp3) is 0.0769. The van der Waals surface area contributed by atoms with Crippen molar-refractivity contribution in [1.82, 2.24) is 10.3 Å². The van der Waals surface area contributed by atoms with E-state index in [9.17, 15) is 19.5 Å². The van der Waals surface area contributed by atoms with Crippen LogP contribution in [0.2, 0.25) is 0 Å². The van der Waals surface area contributed by atoms with Gasteiger partial charge in [-0.15, -0.1) is 0 Å². The highest BCUT2D eigenvalue weighted by Crippen LogP contribution is 1.96. The lowest BCUT2D eigenvalue weighted by Gasteiger charge is -2.04. The van der Waals surface area contributed by atoms with Gasteiger partial charge in [0.05, 0.1) is 18.7 Å². The zero-order valence-corrected chi connectivity index (χ0v) is 11.5. The van der Waals surface area contributed by atoms with Gasteiger partial charge in [-0.25, -0.2) is 4.98 Å². The molecule has 0 aliphatic rings. The number of H-pyrrole nitrogens is 2. The monoisotopic (exact) mass is 308 g/mol. The number of carbonyl (C=O) groups is 2. The number of carbonyl (C=O) groups excluding carboxylic acids is 2. The first-order valence-corrected chi connectivity index (χ1v) is 5.88. The van der Waals surface area contributed by atoms with E-state index in [1.54, 1.807) is 36.4 Å². The van der Waals surface area contributed by atoms with Gasteiger partial charge in [0.1, 0.15) is 0 Å². The average Bonchev–Trinajstić information content (AvgIpc) is 2.46. The third kappa shape index (κ3) is 7.40. The molecule has 0 saturated carbocycles. The molecule has 9 nitrogen and oxygen atoms in total. The SMILES string of the molecule is Nc1cc[nH+]c(=O)[nH]1.O.O=C([O-])CNC(=O)c1ccccc1. The summed E-state index contributed by atoms with van der Waals surface area (Å²) in [6, 6.07) is 9.95. The summed E-state index contributed by atoms with van der Waals surface area (Å²) in [5.41, 5.74) is 5.33. The lowest BCUT2D eigenvalue weighted by molar-refractivity contribution is -0.402. The second-order valence-corrected chi connectivity index (χ2v) is 3.81. The average molecular weight is 308 g/mol. The van der Waals surface area contributed by atoms with Gasteiger partial charge in [0, 0.05) is 11.6 Å². The van der Waals surface area contributed by atoms with Crippen molar-refractivity contribution in [2.24, 2.45) is 0 Å². The molecule has 22 heavy (non-hydrogen) atoms. The largest absolute Gasteiger partial charge is 0.548 e. The number of aromatic amines is 2. The Hall–Kier alpha value is -3.20. The number of anilines is 1. The number of hydrogen-bond acceptors (Lipinski definition) is 5. The van der Waals surface area contributed by atoms with Crippen LogP contribution in [0.3, 0.4) is 0 Å². The molecule has 1 aromatic heterocycles.